The standard InChI is InChI=1S/C23H20ClN3O2S/c1-14-9-16(11-26-21(14)17-7-8-25-15(2)10-17)12-27-13-20(30-22(27)23(28)29)18-5-3-4-6-19(18)24/h3-11,13,22H,12H2,1-2H3,(H,28,29). The number of rotatable bonds is 5. The normalized spacial score (nSPS) is 15.9. The van der Waals surface area contributed by atoms with Gasteiger partial charge in [-0.3, -0.25) is 9.97 Å². The molecule has 5 nitrogen and oxygen atoms in total. The van der Waals surface area contributed by atoms with E-state index < -0.39 is 11.3 Å². The summed E-state index contributed by atoms with van der Waals surface area (Å²) in [5.41, 5.74) is 5.69. The maximum Gasteiger partial charge on any atom is 0.337 e. The molecule has 0 bridgehead atoms. The number of benzene rings is 1. The van der Waals surface area contributed by atoms with E-state index in [1.54, 1.807) is 6.20 Å². The number of carboxylic acids is 1. The Kier molecular flexibility index (Phi) is 5.79. The molecule has 1 unspecified atom stereocenters. The number of carboxylic acid groups (broad SMARTS) is 1. The number of thioether (sulfide) groups is 1. The third kappa shape index (κ3) is 4.20. The van der Waals surface area contributed by atoms with Crippen LogP contribution in [0.5, 0.6) is 0 Å². The molecular weight excluding hydrogens is 418 g/mol. The van der Waals surface area contributed by atoms with Gasteiger partial charge < -0.3 is 10.0 Å². The van der Waals surface area contributed by atoms with Gasteiger partial charge in [0.2, 0.25) is 0 Å². The first-order valence-corrected chi connectivity index (χ1v) is 10.7. The van der Waals surface area contributed by atoms with E-state index in [1.807, 2.05) is 67.5 Å². The molecule has 0 fully saturated rings. The summed E-state index contributed by atoms with van der Waals surface area (Å²) in [5.74, 6) is -0.883. The third-order valence-corrected chi connectivity index (χ3v) is 6.45. The molecule has 152 valence electrons. The van der Waals surface area contributed by atoms with Gasteiger partial charge in [0.15, 0.2) is 5.37 Å². The van der Waals surface area contributed by atoms with Crippen LogP contribution < -0.4 is 0 Å². The van der Waals surface area contributed by atoms with E-state index in [0.29, 0.717) is 11.6 Å². The van der Waals surface area contributed by atoms with Gasteiger partial charge in [-0.25, -0.2) is 4.79 Å². The van der Waals surface area contributed by atoms with Crippen LogP contribution in [-0.4, -0.2) is 31.3 Å². The van der Waals surface area contributed by atoms with E-state index in [2.05, 4.69) is 16.0 Å². The fraction of sp³-hybridized carbons (Fsp3) is 0.174. The maximum absolute atomic E-state index is 11.9. The molecule has 3 heterocycles. The van der Waals surface area contributed by atoms with Gasteiger partial charge in [-0.15, -0.1) is 0 Å². The quantitative estimate of drug-likeness (QED) is 0.578. The highest BCUT2D eigenvalue weighted by molar-refractivity contribution is 8.09. The summed E-state index contributed by atoms with van der Waals surface area (Å²) < 4.78 is 0. The zero-order valence-electron chi connectivity index (χ0n) is 16.5. The Labute approximate surface area is 184 Å². The van der Waals surface area contributed by atoms with E-state index in [-0.39, 0.29) is 0 Å². The predicted octanol–water partition coefficient (Wildman–Crippen LogP) is 5.37. The minimum atomic E-state index is -0.883. The van der Waals surface area contributed by atoms with E-state index in [9.17, 15) is 9.90 Å². The Hall–Kier alpha value is -2.83. The highest BCUT2D eigenvalue weighted by atomic mass is 35.5. The SMILES string of the molecule is Cc1cc(-c2ncc(CN3C=C(c4ccccc4Cl)SC3C(=O)O)cc2C)ccn1. The maximum atomic E-state index is 11.9. The van der Waals surface area contributed by atoms with Crippen LogP contribution >= 0.6 is 23.4 Å². The van der Waals surface area contributed by atoms with Crippen molar-refractivity contribution in [1.82, 2.24) is 14.9 Å². The summed E-state index contributed by atoms with van der Waals surface area (Å²) in [6, 6.07) is 13.5. The Balaban J connectivity index is 1.61. The molecule has 0 saturated carbocycles. The van der Waals surface area contributed by atoms with Crippen LogP contribution in [0.4, 0.5) is 0 Å². The summed E-state index contributed by atoms with van der Waals surface area (Å²) in [6.45, 7) is 4.41. The van der Waals surface area contributed by atoms with Crippen molar-refractivity contribution in [2.45, 2.75) is 25.8 Å². The zero-order valence-corrected chi connectivity index (χ0v) is 18.1. The number of nitrogens with zero attached hydrogens (tertiary/aromatic N) is 3. The number of aliphatic carboxylic acids is 1. The highest BCUT2D eigenvalue weighted by Crippen LogP contribution is 2.42. The topological polar surface area (TPSA) is 66.3 Å². The van der Waals surface area contributed by atoms with E-state index in [4.69, 9.17) is 11.6 Å². The smallest absolute Gasteiger partial charge is 0.337 e. The second-order valence-electron chi connectivity index (χ2n) is 7.15. The molecule has 2 aromatic heterocycles. The fourth-order valence-corrected chi connectivity index (χ4v) is 4.88. The van der Waals surface area contributed by atoms with Crippen LogP contribution in [-0.2, 0) is 11.3 Å². The van der Waals surface area contributed by atoms with E-state index >= 15 is 0 Å². The first-order chi connectivity index (χ1) is 14.4. The molecule has 0 aliphatic carbocycles. The van der Waals surface area contributed by atoms with Crippen molar-refractivity contribution in [2.24, 2.45) is 0 Å². The van der Waals surface area contributed by atoms with Crippen molar-refractivity contribution < 1.29 is 9.90 Å². The Morgan fingerprint density at radius 2 is 2.00 bits per heavy atom. The average Bonchev–Trinajstić information content (AvgIpc) is 3.12. The van der Waals surface area contributed by atoms with Gasteiger partial charge in [-0.05, 0) is 43.2 Å². The molecule has 30 heavy (non-hydrogen) atoms. The first-order valence-electron chi connectivity index (χ1n) is 9.43. The third-order valence-electron chi connectivity index (χ3n) is 4.84. The minimum absolute atomic E-state index is 0.446. The van der Waals surface area contributed by atoms with Crippen molar-refractivity contribution in [3.05, 3.63) is 88.5 Å². The lowest BCUT2D eigenvalue weighted by atomic mass is 10.1. The fourth-order valence-electron chi connectivity index (χ4n) is 3.48. The van der Waals surface area contributed by atoms with Crippen molar-refractivity contribution in [3.8, 4) is 11.3 Å². The Bertz CT molecular complexity index is 1150. The molecular formula is C23H20ClN3O2S. The lowest BCUT2D eigenvalue weighted by Crippen LogP contribution is -2.31. The van der Waals surface area contributed by atoms with Crippen molar-refractivity contribution in [2.75, 3.05) is 0 Å². The van der Waals surface area contributed by atoms with Gasteiger partial charge in [-0.1, -0.05) is 47.6 Å². The zero-order chi connectivity index (χ0) is 21.3. The largest absolute Gasteiger partial charge is 0.479 e. The lowest BCUT2D eigenvalue weighted by Gasteiger charge is -2.21. The second kappa shape index (κ2) is 8.50. The molecule has 1 aliphatic rings. The number of aromatic nitrogens is 2. The lowest BCUT2D eigenvalue weighted by molar-refractivity contribution is -0.139. The molecule has 7 heteroatoms. The minimum Gasteiger partial charge on any atom is -0.479 e. The summed E-state index contributed by atoms with van der Waals surface area (Å²) in [6.07, 6.45) is 5.46. The van der Waals surface area contributed by atoms with Gasteiger partial charge in [0.1, 0.15) is 0 Å². The molecule has 3 aromatic rings. The second-order valence-corrected chi connectivity index (χ2v) is 8.68. The Morgan fingerprint density at radius 1 is 1.20 bits per heavy atom. The van der Waals surface area contributed by atoms with Crippen LogP contribution in [0.2, 0.25) is 5.02 Å². The van der Waals surface area contributed by atoms with Gasteiger partial charge in [0.25, 0.3) is 0 Å². The highest BCUT2D eigenvalue weighted by Gasteiger charge is 2.32. The molecule has 4 rings (SSSR count). The molecule has 1 N–H and O–H groups in total. The number of pyridine rings is 2. The van der Waals surface area contributed by atoms with Crippen molar-refractivity contribution in [1.29, 1.82) is 0 Å². The van der Waals surface area contributed by atoms with Crippen molar-refractivity contribution >= 4 is 34.2 Å². The van der Waals surface area contributed by atoms with Gasteiger partial charge in [-0.2, -0.15) is 0 Å². The molecule has 1 atom stereocenters. The van der Waals surface area contributed by atoms with E-state index in [0.717, 1.165) is 38.5 Å². The van der Waals surface area contributed by atoms with Crippen LogP contribution in [0, 0.1) is 13.8 Å². The number of hydrogen-bond acceptors (Lipinski definition) is 5. The molecule has 0 saturated heterocycles. The Morgan fingerprint density at radius 3 is 2.70 bits per heavy atom. The van der Waals surface area contributed by atoms with Crippen LogP contribution in [0.15, 0.2) is 61.1 Å². The average molecular weight is 438 g/mol. The number of hydrogen-bond donors (Lipinski definition) is 1. The molecule has 1 aromatic carbocycles. The van der Waals surface area contributed by atoms with E-state index in [1.165, 1.54) is 11.8 Å². The van der Waals surface area contributed by atoms with Crippen LogP contribution in [0.25, 0.3) is 16.2 Å². The molecule has 0 amide bonds. The summed E-state index contributed by atoms with van der Waals surface area (Å²) >= 11 is 7.61. The summed E-state index contributed by atoms with van der Waals surface area (Å²) in [4.78, 5) is 23.4. The van der Waals surface area contributed by atoms with Crippen LogP contribution in [0.1, 0.15) is 22.4 Å². The molecule has 0 radical (unpaired) electrons. The number of carbonyl (C=O) groups is 1. The van der Waals surface area contributed by atoms with Gasteiger partial charge in [0, 0.05) is 51.9 Å². The molecule has 1 aliphatic heterocycles. The van der Waals surface area contributed by atoms with Crippen molar-refractivity contribution in [3.63, 3.8) is 0 Å². The van der Waals surface area contributed by atoms with Gasteiger partial charge in [0.05, 0.1) is 5.69 Å². The van der Waals surface area contributed by atoms with Gasteiger partial charge >= 0.3 is 5.97 Å². The summed E-state index contributed by atoms with van der Waals surface area (Å²) in [5, 5.41) is 9.62. The van der Waals surface area contributed by atoms with Crippen LogP contribution in [0.3, 0.4) is 0 Å². The monoisotopic (exact) mass is 437 g/mol. The number of aryl methyl sites for hydroxylation is 2. The first kappa shape index (κ1) is 20.4. The predicted molar refractivity (Wildman–Crippen MR) is 121 cm³/mol. The molecule has 0 spiro atoms. The number of halogens is 1. The summed E-state index contributed by atoms with van der Waals surface area (Å²) in [7, 11) is 0.